The fourth-order valence-electron chi connectivity index (χ4n) is 2.93. The Morgan fingerprint density at radius 2 is 1.67 bits per heavy atom. The van der Waals surface area contributed by atoms with E-state index in [0.29, 0.717) is 32.6 Å². The average molecular weight is 441 g/mol. The molecule has 1 aromatic rings. The second-order valence-electron chi connectivity index (χ2n) is 8.41. The number of alkyl halides is 1. The van der Waals surface area contributed by atoms with Gasteiger partial charge < -0.3 is 19.6 Å². The summed E-state index contributed by atoms with van der Waals surface area (Å²) in [7, 11) is 0. The number of carbonyl (C=O) groups excluding carboxylic acids is 2. The summed E-state index contributed by atoms with van der Waals surface area (Å²) in [6, 6.07) is 9.65. The van der Waals surface area contributed by atoms with Crippen LogP contribution in [-0.2, 0) is 16.1 Å². The molecule has 0 aliphatic rings. The van der Waals surface area contributed by atoms with Crippen molar-refractivity contribution in [3.8, 4) is 0 Å². The van der Waals surface area contributed by atoms with Crippen molar-refractivity contribution < 1.29 is 19.4 Å². The highest BCUT2D eigenvalue weighted by molar-refractivity contribution is 6.18. The van der Waals surface area contributed by atoms with Crippen LogP contribution < -0.4 is 0 Å². The molecule has 0 aromatic heterocycles. The average Bonchev–Trinajstić information content (AvgIpc) is 2.68. The van der Waals surface area contributed by atoms with Crippen molar-refractivity contribution in [2.24, 2.45) is 0 Å². The topological polar surface area (TPSA) is 70.1 Å². The van der Waals surface area contributed by atoms with Crippen LogP contribution in [0.2, 0.25) is 0 Å². The van der Waals surface area contributed by atoms with Crippen LogP contribution in [-0.4, -0.2) is 64.1 Å². The second-order valence-corrected chi connectivity index (χ2v) is 8.79. The lowest BCUT2D eigenvalue weighted by Gasteiger charge is -2.29. The molecule has 0 heterocycles. The van der Waals surface area contributed by atoms with E-state index in [4.69, 9.17) is 16.3 Å². The molecular formula is C23H37ClN2O4. The van der Waals surface area contributed by atoms with Gasteiger partial charge in [0.15, 0.2) is 0 Å². The zero-order valence-electron chi connectivity index (χ0n) is 18.8. The van der Waals surface area contributed by atoms with Gasteiger partial charge in [-0.2, -0.15) is 0 Å². The van der Waals surface area contributed by atoms with Gasteiger partial charge >= 0.3 is 6.09 Å². The summed E-state index contributed by atoms with van der Waals surface area (Å²) >= 11 is 5.70. The van der Waals surface area contributed by atoms with Gasteiger partial charge in [0.2, 0.25) is 0 Å². The van der Waals surface area contributed by atoms with Gasteiger partial charge in [-0.25, -0.2) is 4.79 Å². The largest absolute Gasteiger partial charge is 0.444 e. The zero-order chi connectivity index (χ0) is 22.6. The minimum atomic E-state index is -1.12. The van der Waals surface area contributed by atoms with Gasteiger partial charge in [-0.05, 0) is 45.6 Å². The molecule has 1 unspecified atom stereocenters. The lowest BCUT2D eigenvalue weighted by atomic mass is 10.1. The molecule has 0 spiro atoms. The normalized spacial score (nSPS) is 12.3. The number of aliphatic hydroxyl groups is 1. The summed E-state index contributed by atoms with van der Waals surface area (Å²) in [5.41, 5.74) is 0.432. The predicted octanol–water partition coefficient (Wildman–Crippen LogP) is 4.43. The highest BCUT2D eigenvalue weighted by Gasteiger charge is 2.24. The SMILES string of the molecule is CCCCN(CCCN(Cc1ccccc1)C(=O)C(O)CCCl)C(=O)OC(C)(C)C. The van der Waals surface area contributed by atoms with E-state index in [2.05, 4.69) is 6.92 Å². The van der Waals surface area contributed by atoms with Crippen molar-refractivity contribution in [2.75, 3.05) is 25.5 Å². The molecule has 0 radical (unpaired) electrons. The summed E-state index contributed by atoms with van der Waals surface area (Å²) in [5.74, 6) is -0.118. The first-order valence-corrected chi connectivity index (χ1v) is 11.3. The number of halogens is 1. The number of hydrogen-bond acceptors (Lipinski definition) is 4. The zero-order valence-corrected chi connectivity index (χ0v) is 19.5. The van der Waals surface area contributed by atoms with Gasteiger partial charge in [0, 0.05) is 32.1 Å². The Morgan fingerprint density at radius 1 is 1.07 bits per heavy atom. The van der Waals surface area contributed by atoms with E-state index in [1.54, 1.807) is 9.80 Å². The van der Waals surface area contributed by atoms with Gasteiger partial charge in [0.25, 0.3) is 5.91 Å². The molecule has 0 saturated heterocycles. The molecule has 1 rings (SSSR count). The van der Waals surface area contributed by atoms with Gasteiger partial charge in [-0.15, -0.1) is 11.6 Å². The molecule has 1 N–H and O–H groups in total. The molecule has 30 heavy (non-hydrogen) atoms. The van der Waals surface area contributed by atoms with Crippen LogP contribution in [0.5, 0.6) is 0 Å². The maximum Gasteiger partial charge on any atom is 0.410 e. The van der Waals surface area contributed by atoms with Crippen molar-refractivity contribution >= 4 is 23.6 Å². The molecule has 2 amide bonds. The molecule has 170 valence electrons. The molecule has 7 heteroatoms. The molecule has 0 fully saturated rings. The van der Waals surface area contributed by atoms with Gasteiger partial charge in [-0.1, -0.05) is 43.7 Å². The van der Waals surface area contributed by atoms with Crippen molar-refractivity contribution in [3.05, 3.63) is 35.9 Å². The molecular weight excluding hydrogens is 404 g/mol. The molecule has 0 saturated carbocycles. The number of ether oxygens (including phenoxy) is 1. The fourth-order valence-corrected chi connectivity index (χ4v) is 3.14. The minimum absolute atomic E-state index is 0.214. The molecule has 1 atom stereocenters. The molecule has 0 aliphatic carbocycles. The van der Waals surface area contributed by atoms with Crippen molar-refractivity contribution in [3.63, 3.8) is 0 Å². The van der Waals surface area contributed by atoms with E-state index in [1.165, 1.54) is 0 Å². The van der Waals surface area contributed by atoms with Crippen LogP contribution in [0, 0.1) is 0 Å². The standard InChI is InChI=1S/C23H37ClN2O4/c1-5-6-15-25(22(29)30-23(2,3)4)16-10-17-26(21(28)20(27)13-14-24)18-19-11-8-7-9-12-19/h7-9,11-12,20,27H,5-6,10,13-18H2,1-4H3. The van der Waals surface area contributed by atoms with Gasteiger partial charge in [0.05, 0.1) is 0 Å². The van der Waals surface area contributed by atoms with E-state index in [0.717, 1.165) is 18.4 Å². The summed E-state index contributed by atoms with van der Waals surface area (Å²) in [6.45, 7) is 9.56. The summed E-state index contributed by atoms with van der Waals surface area (Å²) in [6.07, 6.45) is 1.22. The highest BCUT2D eigenvalue weighted by atomic mass is 35.5. The van der Waals surface area contributed by atoms with Crippen LogP contribution in [0.15, 0.2) is 30.3 Å². The Morgan fingerprint density at radius 3 is 2.23 bits per heavy atom. The Hall–Kier alpha value is -1.79. The van der Waals surface area contributed by atoms with Crippen LogP contribution in [0.1, 0.15) is 58.9 Å². The Balaban J connectivity index is 2.78. The van der Waals surface area contributed by atoms with E-state index in [-0.39, 0.29) is 24.3 Å². The quantitative estimate of drug-likeness (QED) is 0.488. The van der Waals surface area contributed by atoms with E-state index in [1.807, 2.05) is 51.1 Å². The third-order valence-corrected chi connectivity index (χ3v) is 4.70. The number of nitrogens with zero attached hydrogens (tertiary/aromatic N) is 2. The van der Waals surface area contributed by atoms with E-state index < -0.39 is 11.7 Å². The number of carbonyl (C=O) groups is 2. The Bertz CT molecular complexity index is 634. The third kappa shape index (κ3) is 10.3. The van der Waals surface area contributed by atoms with Gasteiger partial charge in [-0.3, -0.25) is 4.79 Å². The number of hydrogen-bond donors (Lipinski definition) is 1. The summed E-state index contributed by atoms with van der Waals surface area (Å²) in [4.78, 5) is 28.6. The lowest BCUT2D eigenvalue weighted by molar-refractivity contribution is -0.141. The van der Waals surface area contributed by atoms with Gasteiger partial charge in [0.1, 0.15) is 11.7 Å². The van der Waals surface area contributed by atoms with Crippen molar-refractivity contribution in [2.45, 2.75) is 71.6 Å². The van der Waals surface area contributed by atoms with Crippen LogP contribution in [0.3, 0.4) is 0 Å². The number of rotatable bonds is 12. The van der Waals surface area contributed by atoms with Crippen LogP contribution in [0.25, 0.3) is 0 Å². The van der Waals surface area contributed by atoms with Crippen molar-refractivity contribution in [1.82, 2.24) is 9.80 Å². The number of amides is 2. The molecule has 0 bridgehead atoms. The maximum atomic E-state index is 12.7. The van der Waals surface area contributed by atoms with E-state index >= 15 is 0 Å². The van der Waals surface area contributed by atoms with Crippen LogP contribution >= 0.6 is 11.6 Å². The Labute approximate surface area is 186 Å². The lowest BCUT2D eigenvalue weighted by Crippen LogP contribution is -2.42. The Kier molecular flexibility index (Phi) is 11.8. The first-order valence-electron chi connectivity index (χ1n) is 10.7. The molecule has 0 aliphatic heterocycles. The molecule has 1 aromatic carbocycles. The second kappa shape index (κ2) is 13.5. The highest BCUT2D eigenvalue weighted by Crippen LogP contribution is 2.13. The summed E-state index contributed by atoms with van der Waals surface area (Å²) in [5, 5.41) is 10.1. The maximum absolute atomic E-state index is 12.7. The first kappa shape index (κ1) is 26.2. The van der Waals surface area contributed by atoms with Crippen LogP contribution in [0.4, 0.5) is 4.79 Å². The predicted molar refractivity (Wildman–Crippen MR) is 121 cm³/mol. The fraction of sp³-hybridized carbons (Fsp3) is 0.652. The number of aliphatic hydroxyl groups excluding tert-OH is 1. The molecule has 6 nitrogen and oxygen atoms in total. The van der Waals surface area contributed by atoms with Crippen molar-refractivity contribution in [1.29, 1.82) is 0 Å². The number of benzene rings is 1. The first-order chi connectivity index (χ1) is 14.2. The summed E-state index contributed by atoms with van der Waals surface area (Å²) < 4.78 is 5.52. The third-order valence-electron chi connectivity index (χ3n) is 4.48. The van der Waals surface area contributed by atoms with E-state index in [9.17, 15) is 14.7 Å². The monoisotopic (exact) mass is 440 g/mol. The smallest absolute Gasteiger partial charge is 0.410 e. The minimum Gasteiger partial charge on any atom is -0.444 e. The number of unbranched alkanes of at least 4 members (excludes halogenated alkanes) is 1.